The molecule has 7 N–H and O–H groups in total. The molecular weight excluding hydrogens is 385 g/mol. The van der Waals surface area contributed by atoms with Gasteiger partial charge in [-0.1, -0.05) is 11.6 Å². The second kappa shape index (κ2) is 5.03. The van der Waals surface area contributed by atoms with E-state index in [1.807, 2.05) is 0 Å². The van der Waals surface area contributed by atoms with E-state index in [2.05, 4.69) is 31.2 Å². The van der Waals surface area contributed by atoms with Crippen molar-refractivity contribution in [2.24, 2.45) is 10.7 Å². The summed E-state index contributed by atoms with van der Waals surface area (Å²) < 4.78 is 5.09. The predicted octanol–water partition coefficient (Wildman–Crippen LogP) is -1.92. The molecule has 0 spiro atoms. The maximum atomic E-state index is 10.2. The Kier molecular flexibility index (Phi) is 3.64. The fraction of sp³-hybridized carbons (Fsp3) is 0.600. The monoisotopic (exact) mass is 397 g/mol. The van der Waals surface area contributed by atoms with Crippen LogP contribution in [-0.2, 0) is 14.6 Å². The maximum Gasteiger partial charge on any atom is 0.285 e. The lowest BCUT2D eigenvalue weighted by atomic mass is 10.1. The number of anilines is 1. The van der Waals surface area contributed by atoms with Crippen molar-refractivity contribution in [3.8, 4) is 0 Å². The number of rotatable bonds is 2. The van der Waals surface area contributed by atoms with E-state index in [-0.39, 0.29) is 17.5 Å². The van der Waals surface area contributed by atoms with E-state index >= 15 is 0 Å². The van der Waals surface area contributed by atoms with Crippen LogP contribution in [0.5, 0.6) is 0 Å². The van der Waals surface area contributed by atoms with Gasteiger partial charge in [0, 0.05) is 0 Å². The summed E-state index contributed by atoms with van der Waals surface area (Å²) in [6, 6.07) is 0. The Morgan fingerprint density at radius 3 is 2.82 bits per heavy atom. The molecule has 3 rings (SSSR count). The zero-order valence-corrected chi connectivity index (χ0v) is 13.2. The lowest BCUT2D eigenvalue weighted by Crippen LogP contribution is -2.43. The highest BCUT2D eigenvalue weighted by Gasteiger charge is 2.56. The van der Waals surface area contributed by atoms with Crippen LogP contribution in [0.15, 0.2) is 11.3 Å². The lowest BCUT2D eigenvalue weighted by molar-refractivity contribution is -0.0731. The number of halogens is 2. The molecule has 1 saturated heterocycles. The summed E-state index contributed by atoms with van der Waals surface area (Å²) in [6.07, 6.45) is -2.58. The number of aliphatic imine (C=N–C) groups is 1. The predicted molar refractivity (Wildman–Crippen MR) is 78.1 cm³/mol. The zero-order chi connectivity index (χ0) is 16.3. The number of fused-ring (bicyclic) bond motifs is 1. The van der Waals surface area contributed by atoms with Crippen molar-refractivity contribution < 1.29 is 25.2 Å². The van der Waals surface area contributed by atoms with E-state index in [0.29, 0.717) is 0 Å². The molecule has 0 radical (unpaired) electrons. The van der Waals surface area contributed by atoms with E-state index in [0.717, 1.165) is 0 Å². The molecule has 22 heavy (non-hydrogen) atoms. The second-order valence-corrected chi connectivity index (χ2v) is 6.57. The van der Waals surface area contributed by atoms with Crippen LogP contribution in [0.25, 0.3) is 0 Å². The van der Waals surface area contributed by atoms with Crippen molar-refractivity contribution in [2.45, 2.75) is 28.1 Å². The number of imidazole rings is 1. The minimum Gasteiger partial charge on any atom is -0.394 e. The number of ether oxygens (including phenoxy) is 1. The maximum absolute atomic E-state index is 10.2. The molecule has 0 aromatic carbocycles. The van der Waals surface area contributed by atoms with Gasteiger partial charge < -0.3 is 36.2 Å². The molecule has 3 heterocycles. The number of hydrogen-bond donors (Lipinski definition) is 6. The molecule has 122 valence electrons. The van der Waals surface area contributed by atoms with E-state index in [9.17, 15) is 20.4 Å². The van der Waals surface area contributed by atoms with Crippen LogP contribution < -0.4 is 11.1 Å². The standard InChI is InChI=1S/C10H13BrClN5O5/c11-9(6(20)4(19)3(1-18)22-9)17-2-14-5-7(17)15-8(13)16-10(5,12)21/h2-4,6,18-21H,1H2,(H3,13,15,16)/t3-,4-,6-,9+,10?/m1/s1. The van der Waals surface area contributed by atoms with Gasteiger partial charge in [-0.3, -0.25) is 4.57 Å². The molecule has 0 saturated carbocycles. The Morgan fingerprint density at radius 1 is 1.55 bits per heavy atom. The Labute approximate surface area is 137 Å². The van der Waals surface area contributed by atoms with Crippen molar-refractivity contribution in [3.05, 3.63) is 12.0 Å². The molecule has 0 bridgehead atoms. The summed E-state index contributed by atoms with van der Waals surface area (Å²) >= 11 is 9.04. The van der Waals surface area contributed by atoms with Gasteiger partial charge in [0.1, 0.15) is 30.5 Å². The Balaban J connectivity index is 2.07. The van der Waals surface area contributed by atoms with Crippen molar-refractivity contribution in [1.29, 1.82) is 0 Å². The van der Waals surface area contributed by atoms with Gasteiger partial charge in [0.05, 0.1) is 6.61 Å². The average Bonchev–Trinajstić information content (AvgIpc) is 2.94. The first-order valence-corrected chi connectivity index (χ1v) is 7.33. The van der Waals surface area contributed by atoms with Crippen molar-refractivity contribution in [1.82, 2.24) is 9.55 Å². The molecule has 2 aliphatic rings. The van der Waals surface area contributed by atoms with Crippen molar-refractivity contribution >= 4 is 39.3 Å². The number of aliphatic hydroxyl groups is 4. The summed E-state index contributed by atoms with van der Waals surface area (Å²) in [5, 5.41) is 39.8. The highest BCUT2D eigenvalue weighted by molar-refractivity contribution is 9.09. The number of alkyl halides is 2. The fourth-order valence-corrected chi connectivity index (χ4v) is 3.41. The summed E-state index contributed by atoms with van der Waals surface area (Å²) in [5.74, 6) is -0.0543. The number of nitrogens with two attached hydrogens (primary N) is 1. The largest absolute Gasteiger partial charge is 0.394 e. The van der Waals surface area contributed by atoms with Crippen molar-refractivity contribution in [3.63, 3.8) is 0 Å². The number of guanidine groups is 1. The molecule has 1 fully saturated rings. The van der Waals surface area contributed by atoms with Gasteiger partial charge in [0.25, 0.3) is 5.18 Å². The number of nitrogens with zero attached hydrogens (tertiary/aromatic N) is 3. The highest BCUT2D eigenvalue weighted by Crippen LogP contribution is 2.45. The van der Waals surface area contributed by atoms with Gasteiger partial charge in [0.15, 0.2) is 11.7 Å². The third kappa shape index (κ3) is 2.12. The molecule has 2 aliphatic heterocycles. The Bertz CT molecular complexity index is 639. The van der Waals surface area contributed by atoms with Crippen LogP contribution in [0, 0.1) is 0 Å². The summed E-state index contributed by atoms with van der Waals surface area (Å²) in [5.41, 5.74) is 5.50. The van der Waals surface area contributed by atoms with Gasteiger partial charge in [-0.05, 0) is 15.9 Å². The highest BCUT2D eigenvalue weighted by atomic mass is 79.9. The topological polar surface area (TPSA) is 158 Å². The molecule has 10 nitrogen and oxygen atoms in total. The van der Waals surface area contributed by atoms with E-state index in [4.69, 9.17) is 22.1 Å². The van der Waals surface area contributed by atoms with E-state index < -0.39 is 34.7 Å². The minimum absolute atomic E-state index is 0.0556. The van der Waals surface area contributed by atoms with Gasteiger partial charge in [0.2, 0.25) is 4.63 Å². The first-order chi connectivity index (χ1) is 10.2. The third-order valence-electron chi connectivity index (χ3n) is 3.48. The van der Waals surface area contributed by atoms with Gasteiger partial charge in [-0.25, -0.2) is 4.98 Å². The van der Waals surface area contributed by atoms with Crippen LogP contribution in [0.2, 0.25) is 0 Å². The van der Waals surface area contributed by atoms with Gasteiger partial charge in [-0.2, -0.15) is 4.99 Å². The zero-order valence-electron chi connectivity index (χ0n) is 10.9. The molecule has 0 aliphatic carbocycles. The van der Waals surface area contributed by atoms with Crippen LogP contribution in [0.1, 0.15) is 5.69 Å². The minimum atomic E-state index is -2.17. The molecular formula is C10H13BrClN5O5. The quantitative estimate of drug-likeness (QED) is 0.248. The first kappa shape index (κ1) is 15.9. The number of aromatic nitrogens is 2. The van der Waals surface area contributed by atoms with Crippen LogP contribution in [0.4, 0.5) is 5.82 Å². The van der Waals surface area contributed by atoms with E-state index in [1.54, 1.807) is 0 Å². The van der Waals surface area contributed by atoms with Crippen LogP contribution in [0.3, 0.4) is 0 Å². The molecule has 1 aromatic heterocycles. The SMILES string of the molecule is NC1=NC(O)(Cl)c2ncn([C@]3(Br)O[C@H](CO)[C@@H](O)[C@H]3O)c2N1. The smallest absolute Gasteiger partial charge is 0.285 e. The molecule has 1 unspecified atom stereocenters. The summed E-state index contributed by atoms with van der Waals surface area (Å²) in [7, 11) is 0. The summed E-state index contributed by atoms with van der Waals surface area (Å²) in [6.45, 7) is -0.501. The normalized spacial score (nSPS) is 41.0. The number of hydrogen-bond acceptors (Lipinski definition) is 9. The average molecular weight is 399 g/mol. The first-order valence-electron chi connectivity index (χ1n) is 6.16. The van der Waals surface area contributed by atoms with Crippen molar-refractivity contribution in [2.75, 3.05) is 11.9 Å². The molecule has 0 amide bonds. The lowest BCUT2D eigenvalue weighted by Gasteiger charge is -2.30. The Hall–Kier alpha value is -0.950. The fourth-order valence-electron chi connectivity index (χ4n) is 2.40. The second-order valence-electron chi connectivity index (χ2n) is 4.90. The van der Waals surface area contributed by atoms with Crippen LogP contribution in [-0.4, -0.2) is 60.9 Å². The van der Waals surface area contributed by atoms with E-state index in [1.165, 1.54) is 10.9 Å². The van der Waals surface area contributed by atoms with Gasteiger partial charge in [-0.15, -0.1) is 0 Å². The molecule has 1 aromatic rings. The van der Waals surface area contributed by atoms with Crippen LogP contribution >= 0.6 is 27.5 Å². The Morgan fingerprint density at radius 2 is 2.23 bits per heavy atom. The molecule has 5 atom stereocenters. The molecule has 12 heteroatoms. The number of nitrogens with one attached hydrogen (secondary N) is 1. The third-order valence-corrected chi connectivity index (χ3v) is 4.78. The van der Waals surface area contributed by atoms with Gasteiger partial charge >= 0.3 is 0 Å². The summed E-state index contributed by atoms with van der Waals surface area (Å²) in [4.78, 5) is 7.54. The number of aliphatic hydroxyl groups excluding tert-OH is 3.